The molecule has 1 aliphatic rings. The molecule has 4 nitrogen and oxygen atoms in total. The molecular weight excluding hydrogens is 401 g/mol. The van der Waals surface area contributed by atoms with Crippen molar-refractivity contribution in [2.75, 3.05) is 0 Å². The molecule has 0 bridgehead atoms. The Bertz CT molecular complexity index is 1070. The fraction of sp³-hybridized carbons (Fsp3) is 0. The summed E-state index contributed by atoms with van der Waals surface area (Å²) in [6.07, 6.45) is 5.76. The Kier molecular flexibility index (Phi) is 5.07. The van der Waals surface area contributed by atoms with Crippen LogP contribution in [0.3, 0.4) is 0 Å². The number of carbonyl (C=O) groups is 1. The SMILES string of the molecule is O=C1NC(=Nc2cccc(Cl)c2Cl)S/C1=C/c1ccn(-c2ccccc2)c1. The van der Waals surface area contributed by atoms with Gasteiger partial charge in [-0.3, -0.25) is 4.79 Å². The smallest absolute Gasteiger partial charge is 0.264 e. The fourth-order valence-electron chi connectivity index (χ4n) is 2.58. The van der Waals surface area contributed by atoms with Crippen LogP contribution in [0.5, 0.6) is 0 Å². The normalized spacial score (nSPS) is 16.9. The van der Waals surface area contributed by atoms with Crippen LogP contribution >= 0.6 is 35.0 Å². The van der Waals surface area contributed by atoms with Gasteiger partial charge in [0.05, 0.1) is 20.6 Å². The Morgan fingerprint density at radius 3 is 2.67 bits per heavy atom. The predicted octanol–water partition coefficient (Wildman–Crippen LogP) is 5.68. The Balaban J connectivity index is 1.57. The number of carbonyl (C=O) groups excluding carboxylic acids is 1. The first-order chi connectivity index (χ1) is 13.1. The van der Waals surface area contributed by atoms with Crippen molar-refractivity contribution in [3.05, 3.63) is 87.5 Å². The van der Waals surface area contributed by atoms with E-state index in [4.69, 9.17) is 23.2 Å². The molecule has 1 aliphatic heterocycles. The van der Waals surface area contributed by atoms with Crippen LogP contribution in [-0.2, 0) is 4.79 Å². The van der Waals surface area contributed by atoms with Crippen molar-refractivity contribution in [3.8, 4) is 5.69 Å². The van der Waals surface area contributed by atoms with Crippen molar-refractivity contribution in [3.63, 3.8) is 0 Å². The summed E-state index contributed by atoms with van der Waals surface area (Å²) >= 11 is 13.4. The summed E-state index contributed by atoms with van der Waals surface area (Å²) in [6, 6.07) is 17.1. The maximum atomic E-state index is 12.3. The van der Waals surface area contributed by atoms with Gasteiger partial charge < -0.3 is 9.88 Å². The first-order valence-electron chi connectivity index (χ1n) is 8.07. The maximum Gasteiger partial charge on any atom is 0.264 e. The number of hydrogen-bond donors (Lipinski definition) is 1. The number of amides is 1. The number of benzene rings is 2. The minimum atomic E-state index is -0.190. The summed E-state index contributed by atoms with van der Waals surface area (Å²) in [5.74, 6) is -0.190. The standard InChI is InChI=1S/C20H13Cl2N3OS/c21-15-7-4-8-16(18(15)22)23-20-24-19(26)17(27-20)11-13-9-10-25(12-13)14-5-2-1-3-6-14/h1-12H,(H,23,24,26)/b17-11+. The lowest BCUT2D eigenvalue weighted by Crippen LogP contribution is -2.19. The minimum absolute atomic E-state index is 0.190. The van der Waals surface area contributed by atoms with Crippen molar-refractivity contribution >= 4 is 57.8 Å². The molecule has 0 spiro atoms. The van der Waals surface area contributed by atoms with E-state index in [-0.39, 0.29) is 5.91 Å². The molecule has 134 valence electrons. The number of aliphatic imine (C=N–C) groups is 1. The minimum Gasteiger partial charge on any atom is -0.323 e. The summed E-state index contributed by atoms with van der Waals surface area (Å²) in [7, 11) is 0. The highest BCUT2D eigenvalue weighted by Gasteiger charge is 2.24. The second kappa shape index (κ2) is 7.64. The molecule has 0 radical (unpaired) electrons. The fourth-order valence-corrected chi connectivity index (χ4v) is 3.75. The quantitative estimate of drug-likeness (QED) is 0.561. The van der Waals surface area contributed by atoms with Crippen molar-refractivity contribution in [2.24, 2.45) is 4.99 Å². The number of rotatable bonds is 3. The van der Waals surface area contributed by atoms with Crippen LogP contribution in [0.25, 0.3) is 11.8 Å². The van der Waals surface area contributed by atoms with Gasteiger partial charge in [0.15, 0.2) is 5.17 Å². The third-order valence-electron chi connectivity index (χ3n) is 3.87. The largest absolute Gasteiger partial charge is 0.323 e. The van der Waals surface area contributed by atoms with E-state index in [9.17, 15) is 4.79 Å². The van der Waals surface area contributed by atoms with E-state index < -0.39 is 0 Å². The van der Waals surface area contributed by atoms with Crippen molar-refractivity contribution in [2.45, 2.75) is 0 Å². The number of hydrogen-bond acceptors (Lipinski definition) is 3. The predicted molar refractivity (Wildman–Crippen MR) is 113 cm³/mol. The Morgan fingerprint density at radius 2 is 1.85 bits per heavy atom. The number of halogens is 2. The van der Waals surface area contributed by atoms with Gasteiger partial charge in [0.2, 0.25) is 0 Å². The zero-order valence-corrected chi connectivity index (χ0v) is 16.2. The highest BCUT2D eigenvalue weighted by atomic mass is 35.5. The molecule has 0 unspecified atom stereocenters. The highest BCUT2D eigenvalue weighted by molar-refractivity contribution is 8.18. The van der Waals surface area contributed by atoms with Gasteiger partial charge in [-0.05, 0) is 53.7 Å². The first-order valence-corrected chi connectivity index (χ1v) is 9.64. The van der Waals surface area contributed by atoms with Crippen LogP contribution in [0.4, 0.5) is 5.69 Å². The summed E-state index contributed by atoms with van der Waals surface area (Å²) in [5, 5.41) is 4.01. The second-order valence-corrected chi connectivity index (χ2v) is 7.56. The van der Waals surface area contributed by atoms with Gasteiger partial charge in [-0.2, -0.15) is 0 Å². The van der Waals surface area contributed by atoms with E-state index in [2.05, 4.69) is 10.3 Å². The highest BCUT2D eigenvalue weighted by Crippen LogP contribution is 2.34. The van der Waals surface area contributed by atoms with E-state index in [1.807, 2.05) is 59.4 Å². The number of aromatic nitrogens is 1. The van der Waals surface area contributed by atoms with Crippen LogP contribution < -0.4 is 5.32 Å². The molecule has 1 saturated heterocycles. The van der Waals surface area contributed by atoms with Crippen LogP contribution in [0, 0.1) is 0 Å². The molecule has 1 N–H and O–H groups in total. The zero-order valence-electron chi connectivity index (χ0n) is 13.9. The molecule has 3 aromatic rings. The van der Waals surface area contributed by atoms with Crippen LogP contribution in [0.15, 0.2) is 76.9 Å². The van der Waals surface area contributed by atoms with Gasteiger partial charge in [0.1, 0.15) is 0 Å². The van der Waals surface area contributed by atoms with Gasteiger partial charge in [0, 0.05) is 18.1 Å². The molecule has 2 aromatic carbocycles. The summed E-state index contributed by atoms with van der Waals surface area (Å²) in [4.78, 5) is 17.2. The Morgan fingerprint density at radius 1 is 1.04 bits per heavy atom. The van der Waals surface area contributed by atoms with Crippen molar-refractivity contribution in [1.29, 1.82) is 0 Å². The Hall–Kier alpha value is -2.47. The molecule has 1 amide bonds. The molecule has 0 saturated carbocycles. The molecule has 7 heteroatoms. The Labute approximate surface area is 170 Å². The van der Waals surface area contributed by atoms with Gasteiger partial charge >= 0.3 is 0 Å². The second-order valence-electron chi connectivity index (χ2n) is 5.74. The number of nitrogens with one attached hydrogen (secondary N) is 1. The zero-order chi connectivity index (χ0) is 18.8. The van der Waals surface area contributed by atoms with E-state index in [0.717, 1.165) is 11.3 Å². The van der Waals surface area contributed by atoms with Gasteiger partial charge in [-0.25, -0.2) is 4.99 Å². The molecule has 27 heavy (non-hydrogen) atoms. The van der Waals surface area contributed by atoms with Gasteiger partial charge in [0.25, 0.3) is 5.91 Å². The molecule has 4 rings (SSSR count). The first kappa shape index (κ1) is 17.9. The summed E-state index contributed by atoms with van der Waals surface area (Å²) < 4.78 is 2.00. The van der Waals surface area contributed by atoms with E-state index in [1.165, 1.54) is 11.8 Å². The lowest BCUT2D eigenvalue weighted by Gasteiger charge is -2.01. The average Bonchev–Trinajstić information content (AvgIpc) is 3.27. The summed E-state index contributed by atoms with van der Waals surface area (Å²) in [6.45, 7) is 0. The third kappa shape index (κ3) is 3.95. The van der Waals surface area contributed by atoms with Crippen LogP contribution in [-0.4, -0.2) is 15.6 Å². The molecule has 1 aromatic heterocycles. The lowest BCUT2D eigenvalue weighted by molar-refractivity contribution is -0.115. The van der Waals surface area contributed by atoms with Crippen LogP contribution in [0.1, 0.15) is 5.56 Å². The maximum absolute atomic E-state index is 12.3. The van der Waals surface area contributed by atoms with Gasteiger partial charge in [-0.15, -0.1) is 0 Å². The number of para-hydroxylation sites is 1. The summed E-state index contributed by atoms with van der Waals surface area (Å²) in [5.41, 5.74) is 2.51. The topological polar surface area (TPSA) is 46.4 Å². The van der Waals surface area contributed by atoms with E-state index >= 15 is 0 Å². The van der Waals surface area contributed by atoms with E-state index in [0.29, 0.717) is 25.8 Å². The molecular formula is C20H13Cl2N3OS. The molecule has 0 aliphatic carbocycles. The average molecular weight is 414 g/mol. The monoisotopic (exact) mass is 413 g/mol. The molecule has 0 atom stereocenters. The number of thioether (sulfide) groups is 1. The number of nitrogens with zero attached hydrogens (tertiary/aromatic N) is 2. The number of amidine groups is 1. The van der Waals surface area contributed by atoms with Gasteiger partial charge in [-0.1, -0.05) is 47.5 Å². The van der Waals surface area contributed by atoms with Crippen LogP contribution in [0.2, 0.25) is 10.0 Å². The lowest BCUT2D eigenvalue weighted by atomic mass is 10.3. The van der Waals surface area contributed by atoms with Crippen molar-refractivity contribution in [1.82, 2.24) is 9.88 Å². The molecule has 2 heterocycles. The van der Waals surface area contributed by atoms with E-state index in [1.54, 1.807) is 18.2 Å². The van der Waals surface area contributed by atoms with Crippen molar-refractivity contribution < 1.29 is 4.79 Å². The molecule has 1 fully saturated rings. The third-order valence-corrected chi connectivity index (χ3v) is 5.59.